The van der Waals surface area contributed by atoms with Gasteiger partial charge in [-0.15, -0.1) is 0 Å². The van der Waals surface area contributed by atoms with Crippen LogP contribution in [-0.2, 0) is 9.59 Å². The molecule has 0 spiro atoms. The van der Waals surface area contributed by atoms with Gasteiger partial charge in [-0.2, -0.15) is 0 Å². The third-order valence-electron chi connectivity index (χ3n) is 4.69. The van der Waals surface area contributed by atoms with Crippen molar-refractivity contribution in [2.75, 3.05) is 32.0 Å². The number of fused-ring (bicyclic) bond motifs is 1. The number of carbonyl (C=O) groups excluding carboxylic acids is 2. The standard InChI is InChI=1S/C16H21N3O2/c1-16(15(21)17-2)7-8-19(10-16)14(20)12-9-18-13-6-4-3-5-11(12)13/h3-6,12,18H,7-10H2,1-2H3,(H,17,21). The summed E-state index contributed by atoms with van der Waals surface area (Å²) >= 11 is 0. The Bertz CT molecular complexity index is 587. The lowest BCUT2D eigenvalue weighted by atomic mass is 9.89. The van der Waals surface area contributed by atoms with Crippen LogP contribution in [-0.4, -0.2) is 43.4 Å². The molecule has 1 aromatic carbocycles. The first-order valence-corrected chi connectivity index (χ1v) is 7.39. The molecular weight excluding hydrogens is 266 g/mol. The molecule has 2 N–H and O–H groups in total. The van der Waals surface area contributed by atoms with Crippen LogP contribution in [0.4, 0.5) is 5.69 Å². The van der Waals surface area contributed by atoms with Crippen molar-refractivity contribution in [3.8, 4) is 0 Å². The van der Waals surface area contributed by atoms with Gasteiger partial charge in [0.25, 0.3) is 0 Å². The summed E-state index contributed by atoms with van der Waals surface area (Å²) in [7, 11) is 1.65. The van der Waals surface area contributed by atoms with Crippen molar-refractivity contribution in [2.24, 2.45) is 5.41 Å². The summed E-state index contributed by atoms with van der Waals surface area (Å²) in [5.74, 6) is 0.0102. The minimum atomic E-state index is -0.462. The Hall–Kier alpha value is -2.04. The Morgan fingerprint density at radius 3 is 2.90 bits per heavy atom. The zero-order chi connectivity index (χ0) is 15.0. The lowest BCUT2D eigenvalue weighted by Crippen LogP contribution is -2.41. The van der Waals surface area contributed by atoms with Gasteiger partial charge >= 0.3 is 0 Å². The van der Waals surface area contributed by atoms with E-state index in [1.807, 2.05) is 36.1 Å². The first-order chi connectivity index (χ1) is 10.0. The number of benzene rings is 1. The van der Waals surface area contributed by atoms with Crippen molar-refractivity contribution in [3.63, 3.8) is 0 Å². The second kappa shape index (κ2) is 5.06. The molecule has 5 nitrogen and oxygen atoms in total. The molecule has 2 heterocycles. The highest BCUT2D eigenvalue weighted by molar-refractivity contribution is 5.90. The first kappa shape index (κ1) is 13.9. The van der Waals surface area contributed by atoms with Crippen molar-refractivity contribution < 1.29 is 9.59 Å². The summed E-state index contributed by atoms with van der Waals surface area (Å²) in [6.45, 7) is 3.73. The summed E-state index contributed by atoms with van der Waals surface area (Å²) in [5.41, 5.74) is 1.65. The largest absolute Gasteiger partial charge is 0.384 e. The minimum absolute atomic E-state index is 0.0164. The van der Waals surface area contributed by atoms with Gasteiger partial charge in [-0.3, -0.25) is 9.59 Å². The maximum absolute atomic E-state index is 12.8. The average Bonchev–Trinajstić information content (AvgIpc) is 3.10. The fourth-order valence-corrected chi connectivity index (χ4v) is 3.36. The summed E-state index contributed by atoms with van der Waals surface area (Å²) < 4.78 is 0. The van der Waals surface area contributed by atoms with Crippen molar-refractivity contribution in [3.05, 3.63) is 29.8 Å². The molecule has 2 unspecified atom stereocenters. The molecule has 1 aromatic rings. The van der Waals surface area contributed by atoms with Gasteiger partial charge in [0.2, 0.25) is 11.8 Å². The fourth-order valence-electron chi connectivity index (χ4n) is 3.36. The fraction of sp³-hybridized carbons (Fsp3) is 0.500. The summed E-state index contributed by atoms with van der Waals surface area (Å²) in [6.07, 6.45) is 0.722. The molecule has 0 saturated carbocycles. The number of para-hydroxylation sites is 1. The van der Waals surface area contributed by atoms with Gasteiger partial charge in [0.15, 0.2) is 0 Å². The van der Waals surface area contributed by atoms with E-state index in [0.717, 1.165) is 17.7 Å². The van der Waals surface area contributed by atoms with Crippen molar-refractivity contribution in [1.82, 2.24) is 10.2 Å². The average molecular weight is 287 g/mol. The van der Waals surface area contributed by atoms with E-state index in [1.54, 1.807) is 7.05 Å². The molecule has 0 aliphatic carbocycles. The highest BCUT2D eigenvalue weighted by Crippen LogP contribution is 2.36. The van der Waals surface area contributed by atoms with Crippen LogP contribution in [0, 0.1) is 5.41 Å². The normalized spacial score (nSPS) is 27.1. The van der Waals surface area contributed by atoms with Crippen LogP contribution >= 0.6 is 0 Å². The second-order valence-electron chi connectivity index (χ2n) is 6.17. The topological polar surface area (TPSA) is 61.4 Å². The third kappa shape index (κ3) is 2.26. The van der Waals surface area contributed by atoms with Gasteiger partial charge in [-0.25, -0.2) is 0 Å². The first-order valence-electron chi connectivity index (χ1n) is 7.39. The van der Waals surface area contributed by atoms with Gasteiger partial charge in [-0.05, 0) is 25.0 Å². The number of anilines is 1. The van der Waals surface area contributed by atoms with Crippen LogP contribution < -0.4 is 10.6 Å². The summed E-state index contributed by atoms with van der Waals surface area (Å²) in [6, 6.07) is 7.94. The van der Waals surface area contributed by atoms with E-state index in [1.165, 1.54) is 0 Å². The van der Waals surface area contributed by atoms with Crippen molar-refractivity contribution >= 4 is 17.5 Å². The van der Waals surface area contributed by atoms with Crippen LogP contribution in [0.25, 0.3) is 0 Å². The van der Waals surface area contributed by atoms with Crippen LogP contribution in [0.3, 0.4) is 0 Å². The van der Waals surface area contributed by atoms with E-state index in [2.05, 4.69) is 10.6 Å². The molecule has 112 valence electrons. The second-order valence-corrected chi connectivity index (χ2v) is 6.17. The number of amides is 2. The molecule has 2 aliphatic rings. The monoisotopic (exact) mass is 287 g/mol. The third-order valence-corrected chi connectivity index (χ3v) is 4.69. The molecule has 3 rings (SSSR count). The number of rotatable bonds is 2. The Morgan fingerprint density at radius 1 is 1.38 bits per heavy atom. The van der Waals surface area contributed by atoms with Gasteiger partial charge < -0.3 is 15.5 Å². The van der Waals surface area contributed by atoms with E-state index in [9.17, 15) is 9.59 Å². The van der Waals surface area contributed by atoms with Crippen LogP contribution in [0.15, 0.2) is 24.3 Å². The number of nitrogens with zero attached hydrogens (tertiary/aromatic N) is 1. The number of likely N-dealkylation sites (tertiary alicyclic amines) is 1. The Balaban J connectivity index is 1.75. The smallest absolute Gasteiger partial charge is 0.232 e. The molecule has 2 aliphatic heterocycles. The minimum Gasteiger partial charge on any atom is -0.384 e. The Kier molecular flexibility index (Phi) is 3.35. The maximum Gasteiger partial charge on any atom is 0.232 e. The zero-order valence-electron chi connectivity index (χ0n) is 12.5. The molecule has 2 atom stereocenters. The molecule has 1 fully saturated rings. The Morgan fingerprint density at radius 2 is 2.14 bits per heavy atom. The van der Waals surface area contributed by atoms with Gasteiger partial charge in [0.1, 0.15) is 0 Å². The van der Waals surface area contributed by atoms with Crippen LogP contribution in [0.1, 0.15) is 24.8 Å². The van der Waals surface area contributed by atoms with Crippen molar-refractivity contribution in [2.45, 2.75) is 19.3 Å². The quantitative estimate of drug-likeness (QED) is 0.858. The van der Waals surface area contributed by atoms with E-state index in [-0.39, 0.29) is 17.7 Å². The van der Waals surface area contributed by atoms with Crippen LogP contribution in [0.2, 0.25) is 0 Å². The highest BCUT2D eigenvalue weighted by atomic mass is 16.2. The molecule has 2 amide bonds. The lowest BCUT2D eigenvalue weighted by Gasteiger charge is -2.24. The number of hydrogen-bond donors (Lipinski definition) is 2. The molecule has 5 heteroatoms. The SMILES string of the molecule is CNC(=O)C1(C)CCN(C(=O)C2CNc3ccccc32)C1. The molecule has 0 radical (unpaired) electrons. The van der Waals surface area contributed by atoms with E-state index in [4.69, 9.17) is 0 Å². The zero-order valence-corrected chi connectivity index (χ0v) is 12.5. The lowest BCUT2D eigenvalue weighted by molar-refractivity contribution is -0.133. The van der Waals surface area contributed by atoms with E-state index in [0.29, 0.717) is 19.6 Å². The van der Waals surface area contributed by atoms with E-state index < -0.39 is 5.41 Å². The van der Waals surface area contributed by atoms with Gasteiger partial charge in [0, 0.05) is 32.4 Å². The summed E-state index contributed by atoms with van der Waals surface area (Å²) in [5, 5.41) is 5.99. The molecule has 1 saturated heterocycles. The number of nitrogens with one attached hydrogen (secondary N) is 2. The van der Waals surface area contributed by atoms with Gasteiger partial charge in [0.05, 0.1) is 11.3 Å². The Labute approximate surface area is 124 Å². The maximum atomic E-state index is 12.8. The van der Waals surface area contributed by atoms with Crippen molar-refractivity contribution in [1.29, 1.82) is 0 Å². The molecule has 0 aromatic heterocycles. The van der Waals surface area contributed by atoms with Gasteiger partial charge in [-0.1, -0.05) is 18.2 Å². The number of carbonyl (C=O) groups is 2. The van der Waals surface area contributed by atoms with E-state index >= 15 is 0 Å². The molecule has 0 bridgehead atoms. The predicted molar refractivity (Wildman–Crippen MR) is 81.0 cm³/mol. The highest BCUT2D eigenvalue weighted by Gasteiger charge is 2.43. The molecular formula is C16H21N3O2. The predicted octanol–water partition coefficient (Wildman–Crippen LogP) is 1.18. The van der Waals surface area contributed by atoms with Crippen LogP contribution in [0.5, 0.6) is 0 Å². The molecule has 21 heavy (non-hydrogen) atoms. The number of hydrogen-bond acceptors (Lipinski definition) is 3. The summed E-state index contributed by atoms with van der Waals surface area (Å²) in [4.78, 5) is 26.6.